The Bertz CT molecular complexity index is 1020. The molecule has 0 saturated carbocycles. The van der Waals surface area contributed by atoms with Gasteiger partial charge in [-0.2, -0.15) is 13.2 Å². The predicted octanol–water partition coefficient (Wildman–Crippen LogP) is 4.90. The van der Waals surface area contributed by atoms with Crippen LogP contribution in [0.4, 0.5) is 13.2 Å². The Morgan fingerprint density at radius 1 is 1.00 bits per heavy atom. The summed E-state index contributed by atoms with van der Waals surface area (Å²) in [5.74, 6) is -0.551. The summed E-state index contributed by atoms with van der Waals surface area (Å²) in [5, 5.41) is 5.74. The summed E-state index contributed by atoms with van der Waals surface area (Å²) in [7, 11) is 0. The fourth-order valence-corrected chi connectivity index (χ4v) is 4.13. The highest BCUT2D eigenvalue weighted by Crippen LogP contribution is 2.30. The maximum atomic E-state index is 12.9. The normalized spacial score (nSPS) is 16.5. The number of likely N-dealkylation sites (tertiary alicyclic amines) is 1. The van der Waals surface area contributed by atoms with Crippen molar-refractivity contribution in [3.63, 3.8) is 0 Å². The molecule has 0 bridgehead atoms. The number of amides is 2. The molecule has 0 aliphatic carbocycles. The number of carbonyl (C=O) groups excluding carboxylic acids is 2. The van der Waals surface area contributed by atoms with Gasteiger partial charge >= 0.3 is 6.18 Å². The minimum absolute atomic E-state index is 0.00907. The number of halogens is 3. The zero-order valence-electron chi connectivity index (χ0n) is 20.7. The molecular weight excluding hydrogens is 455 g/mol. The molecule has 0 radical (unpaired) electrons. The van der Waals surface area contributed by atoms with Gasteiger partial charge in [-0.1, -0.05) is 51.1 Å². The third-order valence-corrected chi connectivity index (χ3v) is 6.35. The number of hydrogen-bond donors (Lipinski definition) is 2. The van der Waals surface area contributed by atoms with Gasteiger partial charge in [0.2, 0.25) is 5.91 Å². The van der Waals surface area contributed by atoms with Crippen molar-refractivity contribution >= 4 is 11.8 Å². The lowest BCUT2D eigenvalue weighted by molar-refractivity contribution is -0.137. The molecule has 1 aliphatic heterocycles. The topological polar surface area (TPSA) is 61.4 Å². The fourth-order valence-electron chi connectivity index (χ4n) is 4.13. The van der Waals surface area contributed by atoms with Crippen molar-refractivity contribution in [1.82, 2.24) is 15.5 Å². The Hall–Kier alpha value is -2.87. The molecule has 2 N–H and O–H groups in total. The predicted molar refractivity (Wildman–Crippen MR) is 130 cm³/mol. The third-order valence-electron chi connectivity index (χ3n) is 6.35. The van der Waals surface area contributed by atoms with Crippen LogP contribution in [0.2, 0.25) is 0 Å². The van der Waals surface area contributed by atoms with E-state index in [4.69, 9.17) is 0 Å². The van der Waals surface area contributed by atoms with Gasteiger partial charge in [0.1, 0.15) is 6.04 Å². The summed E-state index contributed by atoms with van der Waals surface area (Å²) in [4.78, 5) is 27.3. The second-order valence-corrected chi connectivity index (χ2v) is 10.3. The van der Waals surface area contributed by atoms with E-state index in [1.54, 1.807) is 25.1 Å². The number of carbonyl (C=O) groups is 2. The van der Waals surface area contributed by atoms with Gasteiger partial charge < -0.3 is 10.6 Å². The number of alkyl halides is 3. The molecule has 1 heterocycles. The maximum Gasteiger partial charge on any atom is 0.416 e. The molecule has 3 rings (SSSR count). The number of nitrogens with one attached hydrogen (secondary N) is 2. The van der Waals surface area contributed by atoms with Crippen molar-refractivity contribution in [2.45, 2.75) is 70.8 Å². The third kappa shape index (κ3) is 7.56. The molecule has 1 unspecified atom stereocenters. The van der Waals surface area contributed by atoms with Crippen LogP contribution in [-0.4, -0.2) is 41.9 Å². The van der Waals surface area contributed by atoms with Gasteiger partial charge in [0.25, 0.3) is 5.91 Å². The minimum atomic E-state index is -4.35. The smallest absolute Gasteiger partial charge is 0.351 e. The van der Waals surface area contributed by atoms with E-state index in [2.05, 4.69) is 36.3 Å². The van der Waals surface area contributed by atoms with Crippen molar-refractivity contribution in [1.29, 1.82) is 0 Å². The zero-order valence-corrected chi connectivity index (χ0v) is 20.7. The molecule has 1 fully saturated rings. The Balaban J connectivity index is 1.45. The van der Waals surface area contributed by atoms with E-state index < -0.39 is 17.8 Å². The Morgan fingerprint density at radius 3 is 2.20 bits per heavy atom. The van der Waals surface area contributed by atoms with E-state index in [9.17, 15) is 22.8 Å². The van der Waals surface area contributed by atoms with Crippen LogP contribution in [0.15, 0.2) is 48.5 Å². The molecule has 1 aliphatic rings. The van der Waals surface area contributed by atoms with Gasteiger partial charge in [-0.05, 0) is 54.5 Å². The number of piperidine rings is 1. The first-order chi connectivity index (χ1) is 16.3. The Kier molecular flexibility index (Phi) is 8.26. The molecule has 35 heavy (non-hydrogen) atoms. The molecule has 0 spiro atoms. The van der Waals surface area contributed by atoms with Crippen molar-refractivity contribution in [2.24, 2.45) is 0 Å². The van der Waals surface area contributed by atoms with Gasteiger partial charge in [0.05, 0.1) is 5.56 Å². The van der Waals surface area contributed by atoms with E-state index in [-0.39, 0.29) is 23.3 Å². The highest BCUT2D eigenvalue weighted by atomic mass is 19.4. The monoisotopic (exact) mass is 489 g/mol. The maximum absolute atomic E-state index is 12.9. The van der Waals surface area contributed by atoms with Gasteiger partial charge in [0.15, 0.2) is 0 Å². The summed E-state index contributed by atoms with van der Waals surface area (Å²) in [6, 6.07) is 12.0. The van der Waals surface area contributed by atoms with Gasteiger partial charge in [-0.15, -0.1) is 0 Å². The number of nitrogens with zero attached hydrogens (tertiary/aromatic N) is 1. The fraction of sp³-hybridized carbons (Fsp3) is 0.481. The lowest BCUT2D eigenvalue weighted by Crippen LogP contribution is -2.51. The van der Waals surface area contributed by atoms with Crippen LogP contribution in [-0.2, 0) is 22.9 Å². The first-order valence-electron chi connectivity index (χ1n) is 11.9. The van der Waals surface area contributed by atoms with Crippen LogP contribution in [0.1, 0.15) is 67.6 Å². The molecular formula is C27H34F3N3O2. The molecule has 0 aromatic heterocycles. The molecule has 190 valence electrons. The minimum Gasteiger partial charge on any atom is -0.351 e. The van der Waals surface area contributed by atoms with Crippen LogP contribution in [0, 0.1) is 0 Å². The van der Waals surface area contributed by atoms with Crippen LogP contribution >= 0.6 is 0 Å². The molecule has 1 atom stereocenters. The summed E-state index contributed by atoms with van der Waals surface area (Å²) in [6.07, 6.45) is -2.96. The second-order valence-electron chi connectivity index (χ2n) is 10.3. The molecule has 2 aromatic rings. The van der Waals surface area contributed by atoms with Gasteiger partial charge in [-0.25, -0.2) is 0 Å². The van der Waals surface area contributed by atoms with Crippen LogP contribution < -0.4 is 10.6 Å². The average molecular weight is 490 g/mol. The molecule has 8 heteroatoms. The van der Waals surface area contributed by atoms with E-state index in [0.29, 0.717) is 43.6 Å². The quantitative estimate of drug-likeness (QED) is 0.607. The largest absolute Gasteiger partial charge is 0.416 e. The van der Waals surface area contributed by atoms with Gasteiger partial charge in [0, 0.05) is 31.2 Å². The summed E-state index contributed by atoms with van der Waals surface area (Å²) in [5.41, 5.74) is 1.59. The van der Waals surface area contributed by atoms with Crippen LogP contribution in [0.5, 0.6) is 0 Å². The molecule has 5 nitrogen and oxygen atoms in total. The zero-order chi connectivity index (χ0) is 25.8. The lowest BCUT2D eigenvalue weighted by Gasteiger charge is -2.33. The molecule has 2 amide bonds. The van der Waals surface area contributed by atoms with Crippen molar-refractivity contribution in [2.75, 3.05) is 13.1 Å². The summed E-state index contributed by atoms with van der Waals surface area (Å²) >= 11 is 0. The number of hydrogen-bond acceptors (Lipinski definition) is 3. The van der Waals surface area contributed by atoms with Gasteiger partial charge in [-0.3, -0.25) is 14.5 Å². The lowest BCUT2D eigenvalue weighted by atomic mass is 9.86. The Morgan fingerprint density at radius 2 is 1.63 bits per heavy atom. The van der Waals surface area contributed by atoms with Crippen molar-refractivity contribution < 1.29 is 22.8 Å². The Labute approximate surface area is 205 Å². The molecule has 2 aromatic carbocycles. The standard InChI is InChI=1S/C27H34F3N3O2/c1-18(31-25(35)20-8-10-21(11-9-20)26(2,3)4)24(34)32-23-12-14-33(15-13-23)17-19-6-5-7-22(16-19)27(28,29)30/h5-11,16,18,23H,12-15,17H2,1-4H3,(H,31,35)(H,32,34). The van der Waals surface area contributed by atoms with Crippen LogP contribution in [0.25, 0.3) is 0 Å². The second kappa shape index (κ2) is 10.8. The van der Waals surface area contributed by atoms with Crippen LogP contribution in [0.3, 0.4) is 0 Å². The highest BCUT2D eigenvalue weighted by Gasteiger charge is 2.30. The molecule has 1 saturated heterocycles. The summed E-state index contributed by atoms with van der Waals surface area (Å²) in [6.45, 7) is 9.73. The van der Waals surface area contributed by atoms with E-state index >= 15 is 0 Å². The highest BCUT2D eigenvalue weighted by molar-refractivity contribution is 5.97. The first kappa shape index (κ1) is 26.7. The number of benzene rings is 2. The average Bonchev–Trinajstić information content (AvgIpc) is 2.79. The van der Waals surface area contributed by atoms with E-state index in [1.807, 2.05) is 12.1 Å². The van der Waals surface area contributed by atoms with Crippen molar-refractivity contribution in [3.8, 4) is 0 Å². The summed E-state index contributed by atoms with van der Waals surface area (Å²) < 4.78 is 38.8. The van der Waals surface area contributed by atoms with Crippen molar-refractivity contribution in [3.05, 3.63) is 70.8 Å². The first-order valence-corrected chi connectivity index (χ1v) is 11.9. The van der Waals surface area contributed by atoms with E-state index in [1.165, 1.54) is 12.1 Å². The van der Waals surface area contributed by atoms with E-state index in [0.717, 1.165) is 11.6 Å². The number of rotatable bonds is 6. The SMILES string of the molecule is CC(NC(=O)c1ccc(C(C)(C)C)cc1)C(=O)NC1CCN(Cc2cccc(C(F)(F)F)c2)CC1.